The minimum Gasteiger partial charge on any atom is -0.463 e. The zero-order chi connectivity index (χ0) is 23.6. The van der Waals surface area contributed by atoms with Crippen molar-refractivity contribution in [1.82, 2.24) is 0 Å². The highest BCUT2D eigenvalue weighted by molar-refractivity contribution is 5.81. The second-order valence-electron chi connectivity index (χ2n) is 6.31. The largest absolute Gasteiger partial charge is 0.463 e. The molecule has 0 aromatic heterocycles. The van der Waals surface area contributed by atoms with Gasteiger partial charge in [-0.1, -0.05) is 6.58 Å². The van der Waals surface area contributed by atoms with Gasteiger partial charge < -0.3 is 33.2 Å². The Labute approximate surface area is 178 Å². The van der Waals surface area contributed by atoms with Crippen molar-refractivity contribution in [3.63, 3.8) is 0 Å². The molecule has 0 spiro atoms. The topological polar surface area (TPSA) is 150 Å². The van der Waals surface area contributed by atoms with E-state index in [9.17, 15) is 24.0 Å². The summed E-state index contributed by atoms with van der Waals surface area (Å²) in [6.45, 7) is 7.02. The molecule has 0 aromatic rings. The normalized spacial score (nSPS) is 25.0. The molecule has 0 aliphatic carbocycles. The zero-order valence-corrected chi connectivity index (χ0v) is 17.7. The van der Waals surface area contributed by atoms with E-state index in [0.717, 1.165) is 33.8 Å². The third kappa shape index (κ3) is 9.13. The molecule has 5 atom stereocenters. The number of carbonyl (C=O) groups excluding carboxylic acids is 5. The summed E-state index contributed by atoms with van der Waals surface area (Å²) in [4.78, 5) is 57.3. The van der Waals surface area contributed by atoms with E-state index >= 15 is 0 Å². The SMILES string of the molecule is C=CC(=O)OCCO[C@@H]1O[C@H](COC(C)=O)[C@@H](OC(C)=O)[C@H](OC(C)=O)[C@H]1OC(C)=O. The minimum absolute atomic E-state index is 0.183. The van der Waals surface area contributed by atoms with Crippen LogP contribution in [0, 0.1) is 0 Å². The monoisotopic (exact) mass is 446 g/mol. The molecule has 1 saturated heterocycles. The van der Waals surface area contributed by atoms with Crippen LogP contribution in [0.15, 0.2) is 12.7 Å². The second kappa shape index (κ2) is 12.6. The molecule has 0 radical (unpaired) electrons. The molecular weight excluding hydrogens is 420 g/mol. The van der Waals surface area contributed by atoms with E-state index in [0.29, 0.717) is 0 Å². The van der Waals surface area contributed by atoms with Crippen molar-refractivity contribution >= 4 is 29.8 Å². The first kappa shape index (κ1) is 26.0. The third-order valence-electron chi connectivity index (χ3n) is 3.72. The number of hydrogen-bond donors (Lipinski definition) is 0. The standard InChI is InChI=1S/C19H26O12/c1-6-15(24)25-7-8-26-19-18(30-13(5)23)17(29-12(4)22)16(28-11(3)21)14(31-19)9-27-10(2)20/h6,14,16-19H,1,7-9H2,2-5H3/t14-,16-,17+,18-,19-/m1/s1. The van der Waals surface area contributed by atoms with Crippen LogP contribution in [0.5, 0.6) is 0 Å². The maximum atomic E-state index is 11.7. The van der Waals surface area contributed by atoms with Crippen molar-refractivity contribution < 1.29 is 57.1 Å². The van der Waals surface area contributed by atoms with Crippen molar-refractivity contribution in [3.8, 4) is 0 Å². The van der Waals surface area contributed by atoms with Gasteiger partial charge >= 0.3 is 29.8 Å². The molecule has 0 bridgehead atoms. The molecule has 1 rings (SSSR count). The Morgan fingerprint density at radius 3 is 1.84 bits per heavy atom. The smallest absolute Gasteiger partial charge is 0.330 e. The Balaban J connectivity index is 3.15. The van der Waals surface area contributed by atoms with Crippen LogP contribution in [0.1, 0.15) is 27.7 Å². The summed E-state index contributed by atoms with van der Waals surface area (Å²) in [7, 11) is 0. The van der Waals surface area contributed by atoms with Crippen molar-refractivity contribution in [2.24, 2.45) is 0 Å². The molecule has 12 heteroatoms. The van der Waals surface area contributed by atoms with Gasteiger partial charge in [0.1, 0.15) is 19.3 Å². The lowest BCUT2D eigenvalue weighted by molar-refractivity contribution is -0.309. The summed E-state index contributed by atoms with van der Waals surface area (Å²) in [5.41, 5.74) is 0. The predicted octanol–water partition coefficient (Wildman–Crippen LogP) is -0.185. The zero-order valence-electron chi connectivity index (χ0n) is 17.7. The van der Waals surface area contributed by atoms with E-state index in [1.807, 2.05) is 0 Å². The van der Waals surface area contributed by atoms with Gasteiger partial charge in [0, 0.05) is 33.8 Å². The Bertz CT molecular complexity index is 687. The van der Waals surface area contributed by atoms with Gasteiger partial charge in [0.25, 0.3) is 0 Å². The highest BCUT2D eigenvalue weighted by atomic mass is 16.7. The predicted molar refractivity (Wildman–Crippen MR) is 99.1 cm³/mol. The molecule has 31 heavy (non-hydrogen) atoms. The van der Waals surface area contributed by atoms with Gasteiger partial charge in [-0.3, -0.25) is 19.2 Å². The first-order valence-corrected chi connectivity index (χ1v) is 9.26. The third-order valence-corrected chi connectivity index (χ3v) is 3.72. The van der Waals surface area contributed by atoms with Crippen LogP contribution >= 0.6 is 0 Å². The van der Waals surface area contributed by atoms with Gasteiger partial charge in [-0.2, -0.15) is 0 Å². The van der Waals surface area contributed by atoms with E-state index in [1.165, 1.54) is 0 Å². The van der Waals surface area contributed by atoms with Gasteiger partial charge in [-0.25, -0.2) is 4.79 Å². The molecule has 1 fully saturated rings. The van der Waals surface area contributed by atoms with E-state index in [2.05, 4.69) is 6.58 Å². The average Bonchev–Trinajstić information content (AvgIpc) is 2.66. The van der Waals surface area contributed by atoms with Gasteiger partial charge in [0.05, 0.1) is 6.61 Å². The number of ether oxygens (including phenoxy) is 7. The number of esters is 5. The minimum atomic E-state index is -1.34. The molecular formula is C19H26O12. The Hall–Kier alpha value is -2.99. The van der Waals surface area contributed by atoms with Crippen LogP contribution in [-0.4, -0.2) is 80.4 Å². The molecule has 0 saturated carbocycles. The Morgan fingerprint density at radius 1 is 0.774 bits per heavy atom. The summed E-state index contributed by atoms with van der Waals surface area (Å²) < 4.78 is 36.6. The number of carbonyl (C=O) groups is 5. The van der Waals surface area contributed by atoms with Gasteiger partial charge in [-0.15, -0.1) is 0 Å². The molecule has 0 unspecified atom stereocenters. The summed E-state index contributed by atoms with van der Waals surface area (Å²) in [5.74, 6) is -3.56. The van der Waals surface area contributed by atoms with Gasteiger partial charge in [0.2, 0.25) is 0 Å². The maximum absolute atomic E-state index is 11.7. The lowest BCUT2D eigenvalue weighted by Gasteiger charge is -2.44. The first-order valence-electron chi connectivity index (χ1n) is 9.26. The molecule has 0 N–H and O–H groups in total. The van der Waals surface area contributed by atoms with Crippen LogP contribution in [0.4, 0.5) is 0 Å². The molecule has 12 nitrogen and oxygen atoms in total. The van der Waals surface area contributed by atoms with E-state index in [4.69, 9.17) is 33.2 Å². The number of rotatable bonds is 10. The van der Waals surface area contributed by atoms with Crippen molar-refractivity contribution in [3.05, 3.63) is 12.7 Å². The number of hydrogen-bond acceptors (Lipinski definition) is 12. The van der Waals surface area contributed by atoms with Crippen LogP contribution < -0.4 is 0 Å². The molecule has 0 amide bonds. The van der Waals surface area contributed by atoms with Gasteiger partial charge in [0.15, 0.2) is 24.6 Å². The summed E-state index contributed by atoms with van der Waals surface area (Å²) in [6.07, 6.45) is -5.43. The second-order valence-corrected chi connectivity index (χ2v) is 6.31. The Morgan fingerprint density at radius 2 is 1.32 bits per heavy atom. The average molecular weight is 446 g/mol. The van der Waals surface area contributed by atoms with E-state index in [-0.39, 0.29) is 19.8 Å². The lowest BCUT2D eigenvalue weighted by Crippen LogP contribution is -2.63. The fraction of sp³-hybridized carbons (Fsp3) is 0.632. The van der Waals surface area contributed by atoms with Crippen LogP contribution in [0.25, 0.3) is 0 Å². The van der Waals surface area contributed by atoms with E-state index < -0.39 is 60.6 Å². The fourth-order valence-corrected chi connectivity index (χ4v) is 2.69. The fourth-order valence-electron chi connectivity index (χ4n) is 2.69. The molecule has 0 aromatic carbocycles. The van der Waals surface area contributed by atoms with E-state index in [1.54, 1.807) is 0 Å². The van der Waals surface area contributed by atoms with Crippen LogP contribution in [0.3, 0.4) is 0 Å². The highest BCUT2D eigenvalue weighted by Crippen LogP contribution is 2.29. The first-order chi connectivity index (χ1) is 14.5. The highest BCUT2D eigenvalue weighted by Gasteiger charge is 2.52. The summed E-state index contributed by atoms with van der Waals surface area (Å²) >= 11 is 0. The summed E-state index contributed by atoms with van der Waals surface area (Å²) in [5, 5.41) is 0. The van der Waals surface area contributed by atoms with Crippen molar-refractivity contribution in [2.45, 2.75) is 58.4 Å². The molecule has 1 aliphatic rings. The maximum Gasteiger partial charge on any atom is 0.330 e. The van der Waals surface area contributed by atoms with Crippen LogP contribution in [-0.2, 0) is 57.1 Å². The molecule has 174 valence electrons. The quantitative estimate of drug-likeness (QED) is 0.189. The van der Waals surface area contributed by atoms with Crippen molar-refractivity contribution in [1.29, 1.82) is 0 Å². The van der Waals surface area contributed by atoms with Gasteiger partial charge in [-0.05, 0) is 0 Å². The summed E-state index contributed by atoms with van der Waals surface area (Å²) in [6, 6.07) is 0. The molecule has 1 aliphatic heterocycles. The Kier molecular flexibility index (Phi) is 10.6. The van der Waals surface area contributed by atoms with Crippen LogP contribution in [0.2, 0.25) is 0 Å². The molecule has 1 heterocycles. The van der Waals surface area contributed by atoms with Crippen molar-refractivity contribution in [2.75, 3.05) is 19.8 Å². The lowest BCUT2D eigenvalue weighted by atomic mass is 9.98.